The van der Waals surface area contributed by atoms with Crippen LogP contribution in [0.4, 0.5) is 0 Å². The molecule has 1 N–H and O–H groups in total. The Morgan fingerprint density at radius 1 is 1.35 bits per heavy atom. The molecule has 0 aliphatic carbocycles. The lowest BCUT2D eigenvalue weighted by molar-refractivity contribution is 0.556. The Kier molecular flexibility index (Phi) is 4.84. The molecule has 108 valence electrons. The molecule has 0 saturated carbocycles. The van der Waals surface area contributed by atoms with Gasteiger partial charge in [0.15, 0.2) is 0 Å². The minimum Gasteiger partial charge on any atom is -0.305 e. The molecule has 2 rings (SSSR count). The molecule has 1 aromatic carbocycles. The van der Waals surface area contributed by atoms with Gasteiger partial charge in [0.05, 0.1) is 10.7 Å². The molecule has 0 aliphatic rings. The molecule has 0 saturated heterocycles. The van der Waals surface area contributed by atoms with E-state index in [1.165, 1.54) is 10.6 Å². The minimum atomic E-state index is 0.126. The Labute approximate surface area is 130 Å². The first-order chi connectivity index (χ1) is 9.36. The van der Waals surface area contributed by atoms with Gasteiger partial charge < -0.3 is 5.32 Å². The van der Waals surface area contributed by atoms with Crippen molar-refractivity contribution in [2.75, 3.05) is 0 Å². The zero-order valence-corrected chi connectivity index (χ0v) is 14.0. The van der Waals surface area contributed by atoms with Gasteiger partial charge in [0, 0.05) is 28.4 Å². The van der Waals surface area contributed by atoms with Gasteiger partial charge in [0.1, 0.15) is 0 Å². The average molecular weight is 309 g/mol. The molecular formula is C16H21ClN2S. The Bertz CT molecular complexity index is 572. The molecule has 0 unspecified atom stereocenters. The maximum atomic E-state index is 6.02. The largest absolute Gasteiger partial charge is 0.305 e. The molecule has 0 radical (unpaired) electrons. The number of rotatable bonds is 4. The van der Waals surface area contributed by atoms with E-state index >= 15 is 0 Å². The highest BCUT2D eigenvalue weighted by molar-refractivity contribution is 7.09. The van der Waals surface area contributed by atoms with Crippen LogP contribution in [0, 0.1) is 0 Å². The van der Waals surface area contributed by atoms with Crippen molar-refractivity contribution < 1.29 is 0 Å². The standard InChI is InChI=1S/C16H21ClN2S/c1-11(12-6-5-7-13(17)8-12)18-9-14-10-20-15(19-14)16(2,3)4/h5-8,10-11,18H,9H2,1-4H3/t11-/m0/s1. The molecule has 0 fully saturated rings. The van der Waals surface area contributed by atoms with Crippen LogP contribution in [0.3, 0.4) is 0 Å². The Morgan fingerprint density at radius 2 is 2.10 bits per heavy atom. The monoisotopic (exact) mass is 308 g/mol. The molecule has 0 spiro atoms. The predicted molar refractivity (Wildman–Crippen MR) is 87.5 cm³/mol. The molecule has 1 heterocycles. The molecular weight excluding hydrogens is 288 g/mol. The summed E-state index contributed by atoms with van der Waals surface area (Å²) >= 11 is 7.76. The van der Waals surface area contributed by atoms with Gasteiger partial charge in [-0.05, 0) is 24.6 Å². The lowest BCUT2D eigenvalue weighted by Gasteiger charge is -2.15. The zero-order chi connectivity index (χ0) is 14.8. The highest BCUT2D eigenvalue weighted by Gasteiger charge is 2.18. The molecule has 20 heavy (non-hydrogen) atoms. The van der Waals surface area contributed by atoms with E-state index in [1.54, 1.807) is 11.3 Å². The van der Waals surface area contributed by atoms with Crippen molar-refractivity contribution in [3.05, 3.63) is 50.9 Å². The summed E-state index contributed by atoms with van der Waals surface area (Å²) in [6, 6.07) is 8.23. The smallest absolute Gasteiger partial charge is 0.0982 e. The summed E-state index contributed by atoms with van der Waals surface area (Å²) in [5, 5.41) is 7.59. The first-order valence-electron chi connectivity index (χ1n) is 6.80. The van der Waals surface area contributed by atoms with Crippen LogP contribution in [-0.4, -0.2) is 4.98 Å². The summed E-state index contributed by atoms with van der Waals surface area (Å²) in [6.45, 7) is 9.50. The quantitative estimate of drug-likeness (QED) is 0.865. The maximum Gasteiger partial charge on any atom is 0.0982 e. The van der Waals surface area contributed by atoms with Gasteiger partial charge in [-0.15, -0.1) is 11.3 Å². The Hall–Kier alpha value is -0.900. The van der Waals surface area contributed by atoms with Crippen LogP contribution < -0.4 is 5.32 Å². The predicted octanol–water partition coefficient (Wildman–Crippen LogP) is 4.94. The van der Waals surface area contributed by atoms with Crippen molar-refractivity contribution in [2.45, 2.75) is 45.7 Å². The summed E-state index contributed by atoms with van der Waals surface area (Å²) in [4.78, 5) is 4.69. The van der Waals surface area contributed by atoms with E-state index in [0.29, 0.717) is 0 Å². The lowest BCUT2D eigenvalue weighted by atomic mass is 9.98. The third-order valence-corrected chi connectivity index (χ3v) is 4.68. The van der Waals surface area contributed by atoms with E-state index in [2.05, 4.69) is 44.5 Å². The Balaban J connectivity index is 1.97. The summed E-state index contributed by atoms with van der Waals surface area (Å²) in [7, 11) is 0. The van der Waals surface area contributed by atoms with E-state index in [-0.39, 0.29) is 11.5 Å². The normalized spacial score (nSPS) is 13.4. The molecule has 0 bridgehead atoms. The zero-order valence-electron chi connectivity index (χ0n) is 12.4. The van der Waals surface area contributed by atoms with E-state index in [1.807, 2.05) is 18.2 Å². The van der Waals surface area contributed by atoms with E-state index < -0.39 is 0 Å². The summed E-state index contributed by atoms with van der Waals surface area (Å²) in [6.07, 6.45) is 0. The average Bonchev–Trinajstić information content (AvgIpc) is 2.84. The van der Waals surface area contributed by atoms with Crippen molar-refractivity contribution in [1.29, 1.82) is 0 Å². The molecule has 1 aromatic heterocycles. The number of benzene rings is 1. The fourth-order valence-corrected chi connectivity index (χ4v) is 2.99. The number of nitrogens with zero attached hydrogens (tertiary/aromatic N) is 1. The first-order valence-corrected chi connectivity index (χ1v) is 8.06. The number of hydrogen-bond acceptors (Lipinski definition) is 3. The van der Waals surface area contributed by atoms with Crippen molar-refractivity contribution in [3.63, 3.8) is 0 Å². The first kappa shape index (κ1) is 15.5. The fourth-order valence-electron chi connectivity index (χ4n) is 1.88. The van der Waals surface area contributed by atoms with Gasteiger partial charge >= 0.3 is 0 Å². The molecule has 2 aromatic rings. The fraction of sp³-hybridized carbons (Fsp3) is 0.438. The van der Waals surface area contributed by atoms with Crippen LogP contribution in [0.5, 0.6) is 0 Å². The van der Waals surface area contributed by atoms with Gasteiger partial charge in [-0.25, -0.2) is 4.98 Å². The Morgan fingerprint density at radius 3 is 2.70 bits per heavy atom. The summed E-state index contributed by atoms with van der Waals surface area (Å²) < 4.78 is 0. The number of nitrogens with one attached hydrogen (secondary N) is 1. The van der Waals surface area contributed by atoms with Crippen LogP contribution in [0.1, 0.15) is 50.0 Å². The number of thiazole rings is 1. The SMILES string of the molecule is C[C@H](NCc1csc(C(C)(C)C)n1)c1cccc(Cl)c1. The van der Waals surface area contributed by atoms with Crippen molar-refractivity contribution >= 4 is 22.9 Å². The van der Waals surface area contributed by atoms with Crippen molar-refractivity contribution in [1.82, 2.24) is 10.3 Å². The lowest BCUT2D eigenvalue weighted by Crippen LogP contribution is -2.18. The van der Waals surface area contributed by atoms with Crippen LogP contribution in [0.15, 0.2) is 29.6 Å². The number of hydrogen-bond donors (Lipinski definition) is 1. The molecule has 0 aliphatic heterocycles. The van der Waals surface area contributed by atoms with Crippen LogP contribution >= 0.6 is 22.9 Å². The number of aromatic nitrogens is 1. The van der Waals surface area contributed by atoms with Crippen LogP contribution in [0.25, 0.3) is 0 Å². The molecule has 1 atom stereocenters. The topological polar surface area (TPSA) is 24.9 Å². The second kappa shape index (κ2) is 6.25. The van der Waals surface area contributed by atoms with Crippen LogP contribution in [-0.2, 0) is 12.0 Å². The van der Waals surface area contributed by atoms with Gasteiger partial charge in [-0.2, -0.15) is 0 Å². The van der Waals surface area contributed by atoms with E-state index in [0.717, 1.165) is 17.3 Å². The van der Waals surface area contributed by atoms with Gasteiger partial charge in [-0.1, -0.05) is 44.5 Å². The highest BCUT2D eigenvalue weighted by atomic mass is 35.5. The molecule has 4 heteroatoms. The third kappa shape index (κ3) is 4.05. The van der Waals surface area contributed by atoms with Gasteiger partial charge in [-0.3, -0.25) is 0 Å². The highest BCUT2D eigenvalue weighted by Crippen LogP contribution is 2.26. The number of halogens is 1. The van der Waals surface area contributed by atoms with Gasteiger partial charge in [0.2, 0.25) is 0 Å². The van der Waals surface area contributed by atoms with E-state index in [9.17, 15) is 0 Å². The maximum absolute atomic E-state index is 6.02. The van der Waals surface area contributed by atoms with E-state index in [4.69, 9.17) is 16.6 Å². The second-order valence-electron chi connectivity index (χ2n) is 6.05. The second-order valence-corrected chi connectivity index (χ2v) is 7.35. The molecule has 2 nitrogen and oxygen atoms in total. The van der Waals surface area contributed by atoms with Crippen LogP contribution in [0.2, 0.25) is 5.02 Å². The van der Waals surface area contributed by atoms with Crippen molar-refractivity contribution in [2.24, 2.45) is 0 Å². The van der Waals surface area contributed by atoms with Gasteiger partial charge in [0.25, 0.3) is 0 Å². The third-order valence-electron chi connectivity index (χ3n) is 3.13. The molecule has 0 amide bonds. The summed E-state index contributed by atoms with van der Waals surface area (Å²) in [5.41, 5.74) is 2.43. The minimum absolute atomic E-state index is 0.126. The van der Waals surface area contributed by atoms with Crippen molar-refractivity contribution in [3.8, 4) is 0 Å². The summed E-state index contributed by atoms with van der Waals surface area (Å²) in [5.74, 6) is 0.